The number of anilines is 1. The van der Waals surface area contributed by atoms with E-state index in [4.69, 9.17) is 0 Å². The van der Waals surface area contributed by atoms with Crippen LogP contribution >= 0.6 is 0 Å². The molecule has 2 amide bonds. The van der Waals surface area contributed by atoms with E-state index in [0.717, 1.165) is 10.5 Å². The van der Waals surface area contributed by atoms with Gasteiger partial charge in [-0.2, -0.15) is 0 Å². The predicted molar refractivity (Wildman–Crippen MR) is 152 cm³/mol. The van der Waals surface area contributed by atoms with Crippen LogP contribution in [0.25, 0.3) is 0 Å². The number of amides is 2. The molecule has 3 aliphatic carbocycles. The zero-order chi connectivity index (χ0) is 29.2. The summed E-state index contributed by atoms with van der Waals surface area (Å²) < 4.78 is 0. The van der Waals surface area contributed by atoms with E-state index in [2.05, 4.69) is 6.58 Å². The van der Waals surface area contributed by atoms with Crippen molar-refractivity contribution in [3.63, 3.8) is 0 Å². The van der Waals surface area contributed by atoms with E-state index in [9.17, 15) is 34.3 Å². The SMILES string of the molecule is C=CCc1cccc([C@H]2C3=CC[C@@H]4C(=O)N(c5cccc(B(O)O)c5)C(=O)[C@@H]4[C@@H]3CC3=C2C(=O)C=C(C)C3=O)c1O. The lowest BCUT2D eigenvalue weighted by Gasteiger charge is -2.42. The highest BCUT2D eigenvalue weighted by molar-refractivity contribution is 6.58. The van der Waals surface area contributed by atoms with Crippen molar-refractivity contribution in [3.05, 3.63) is 101 Å². The molecule has 1 saturated heterocycles. The summed E-state index contributed by atoms with van der Waals surface area (Å²) in [4.78, 5) is 55.7. The number of phenolic OH excluding ortho intramolecular Hbond substituents is 1. The average molecular weight is 549 g/mol. The third-order valence-electron chi connectivity index (χ3n) is 8.81. The highest BCUT2D eigenvalue weighted by Gasteiger charge is 2.56. The van der Waals surface area contributed by atoms with Gasteiger partial charge in [-0.3, -0.25) is 24.1 Å². The van der Waals surface area contributed by atoms with Crippen LogP contribution < -0.4 is 10.4 Å². The fourth-order valence-electron chi connectivity index (χ4n) is 6.98. The molecule has 2 aromatic rings. The Labute approximate surface area is 237 Å². The second-order valence-corrected chi connectivity index (χ2v) is 11.1. The number of carbonyl (C=O) groups excluding carboxylic acids is 4. The Bertz CT molecular complexity index is 1650. The Morgan fingerprint density at radius 3 is 2.54 bits per heavy atom. The van der Waals surface area contributed by atoms with Crippen molar-refractivity contribution in [1.82, 2.24) is 0 Å². The lowest BCUT2D eigenvalue weighted by atomic mass is 9.59. The maximum Gasteiger partial charge on any atom is 0.488 e. The molecule has 0 unspecified atom stereocenters. The molecule has 0 spiro atoms. The Hall–Kier alpha value is -4.34. The lowest BCUT2D eigenvalue weighted by molar-refractivity contribution is -0.123. The smallest absolute Gasteiger partial charge is 0.488 e. The van der Waals surface area contributed by atoms with Gasteiger partial charge >= 0.3 is 7.12 Å². The number of ketones is 2. The van der Waals surface area contributed by atoms with Crippen LogP contribution in [0.15, 0.2) is 89.6 Å². The normalized spacial score (nSPS) is 25.4. The predicted octanol–water partition coefficient (Wildman–Crippen LogP) is 2.43. The quantitative estimate of drug-likeness (QED) is 0.226. The maximum atomic E-state index is 14.0. The number of benzene rings is 2. The number of phenols is 1. The van der Waals surface area contributed by atoms with Gasteiger partial charge in [-0.15, -0.1) is 6.58 Å². The molecule has 4 atom stereocenters. The van der Waals surface area contributed by atoms with Crippen LogP contribution in [0.1, 0.15) is 36.8 Å². The van der Waals surface area contributed by atoms with Gasteiger partial charge in [0.1, 0.15) is 5.75 Å². The molecule has 1 aliphatic heterocycles. The van der Waals surface area contributed by atoms with E-state index < -0.39 is 42.6 Å². The lowest BCUT2D eigenvalue weighted by Crippen LogP contribution is -2.40. The number of hydrogen-bond acceptors (Lipinski definition) is 7. The number of imide groups is 1. The monoisotopic (exact) mass is 549 g/mol. The topological polar surface area (TPSA) is 132 Å². The number of carbonyl (C=O) groups is 4. The van der Waals surface area contributed by atoms with Crippen LogP contribution in [0, 0.1) is 17.8 Å². The van der Waals surface area contributed by atoms with Crippen LogP contribution in [-0.4, -0.2) is 45.7 Å². The minimum absolute atomic E-state index is 0.00859. The molecule has 8 nitrogen and oxygen atoms in total. The Balaban J connectivity index is 1.49. The standard InChI is InChI=1S/C32H28BNO7/c1-3-6-17-7-4-10-21(30(17)37)26-20-11-12-22-27(23(20)15-24-28(26)25(35)13-16(2)29(24)36)32(39)34(31(22)38)19-9-5-8-18(14-19)33(40)41/h3-5,7-11,13-14,22-23,26-27,37,40-41H,1,6,12,15H2,2H3/t22-,23+,26+,27-/m0/s1. The van der Waals surface area contributed by atoms with Crippen LogP contribution in [-0.2, 0) is 25.6 Å². The van der Waals surface area contributed by atoms with Crippen LogP contribution in [0.3, 0.4) is 0 Å². The molecular formula is C32H28BNO7. The van der Waals surface area contributed by atoms with E-state index in [1.165, 1.54) is 18.2 Å². The minimum Gasteiger partial charge on any atom is -0.507 e. The van der Waals surface area contributed by atoms with Crippen molar-refractivity contribution >= 4 is 41.6 Å². The number of Topliss-reactive ketones (excluding diaryl/α,β-unsaturated/α-hetero) is 1. The number of fused-ring (bicyclic) bond motifs is 3. The van der Waals surface area contributed by atoms with Gasteiger partial charge in [0.05, 0.1) is 17.5 Å². The Morgan fingerprint density at radius 2 is 1.80 bits per heavy atom. The number of nitrogens with zero attached hydrogens (tertiary/aromatic N) is 1. The number of hydrogen-bond donors (Lipinski definition) is 3. The van der Waals surface area contributed by atoms with Crippen molar-refractivity contribution in [1.29, 1.82) is 0 Å². The summed E-state index contributed by atoms with van der Waals surface area (Å²) in [6.07, 6.45) is 5.68. The first-order chi connectivity index (χ1) is 19.6. The molecule has 2 aromatic carbocycles. The molecule has 0 saturated carbocycles. The van der Waals surface area contributed by atoms with E-state index in [1.807, 2.05) is 6.08 Å². The Kier molecular flexibility index (Phi) is 6.51. The van der Waals surface area contributed by atoms with Gasteiger partial charge in [-0.05, 0) is 61.3 Å². The van der Waals surface area contributed by atoms with Gasteiger partial charge in [-0.25, -0.2) is 0 Å². The summed E-state index contributed by atoms with van der Waals surface area (Å²) >= 11 is 0. The maximum absolute atomic E-state index is 14.0. The third kappa shape index (κ3) is 4.07. The summed E-state index contributed by atoms with van der Waals surface area (Å²) in [7, 11) is -1.77. The molecule has 1 heterocycles. The van der Waals surface area contributed by atoms with E-state index in [1.54, 1.807) is 43.3 Å². The highest BCUT2D eigenvalue weighted by atomic mass is 16.4. The molecule has 0 radical (unpaired) electrons. The van der Waals surface area contributed by atoms with Crippen molar-refractivity contribution in [3.8, 4) is 5.75 Å². The van der Waals surface area contributed by atoms with E-state index >= 15 is 0 Å². The average Bonchev–Trinajstić information content (AvgIpc) is 3.21. The molecule has 1 fully saturated rings. The van der Waals surface area contributed by atoms with E-state index in [-0.39, 0.29) is 41.3 Å². The third-order valence-corrected chi connectivity index (χ3v) is 8.81. The molecule has 6 rings (SSSR count). The number of aromatic hydroxyl groups is 1. The van der Waals surface area contributed by atoms with Gasteiger partial charge in [0, 0.05) is 28.2 Å². The fourth-order valence-corrected chi connectivity index (χ4v) is 6.98. The van der Waals surface area contributed by atoms with Gasteiger partial charge in [-0.1, -0.05) is 48.1 Å². The second-order valence-electron chi connectivity index (χ2n) is 11.1. The summed E-state index contributed by atoms with van der Waals surface area (Å²) in [5.74, 6) is -4.14. The first-order valence-electron chi connectivity index (χ1n) is 13.6. The number of allylic oxidation sites excluding steroid dienone is 7. The molecule has 41 heavy (non-hydrogen) atoms. The molecular weight excluding hydrogens is 521 g/mol. The molecule has 9 heteroatoms. The summed E-state index contributed by atoms with van der Waals surface area (Å²) in [6, 6.07) is 11.3. The number of rotatable bonds is 5. The fraction of sp³-hybridized carbons (Fsp3) is 0.250. The van der Waals surface area contributed by atoms with Crippen molar-refractivity contribution in [2.24, 2.45) is 17.8 Å². The van der Waals surface area contributed by atoms with Crippen molar-refractivity contribution in [2.75, 3.05) is 4.90 Å². The van der Waals surface area contributed by atoms with Gasteiger partial charge in [0.2, 0.25) is 11.8 Å². The highest BCUT2D eigenvalue weighted by Crippen LogP contribution is 2.56. The molecule has 3 N–H and O–H groups in total. The molecule has 0 aromatic heterocycles. The zero-order valence-electron chi connectivity index (χ0n) is 22.4. The minimum atomic E-state index is -1.77. The number of para-hydroxylation sites is 1. The largest absolute Gasteiger partial charge is 0.507 e. The van der Waals surface area contributed by atoms with Crippen LogP contribution in [0.2, 0.25) is 0 Å². The second kappa shape index (κ2) is 9.94. The van der Waals surface area contributed by atoms with Gasteiger partial charge < -0.3 is 15.2 Å². The van der Waals surface area contributed by atoms with Crippen molar-refractivity contribution < 1.29 is 34.3 Å². The van der Waals surface area contributed by atoms with Crippen LogP contribution in [0.5, 0.6) is 5.75 Å². The zero-order valence-corrected chi connectivity index (χ0v) is 22.4. The Morgan fingerprint density at radius 1 is 1.05 bits per heavy atom. The van der Waals surface area contributed by atoms with Gasteiger partial charge in [0.15, 0.2) is 11.6 Å². The first-order valence-corrected chi connectivity index (χ1v) is 13.6. The van der Waals surface area contributed by atoms with Gasteiger partial charge in [0.25, 0.3) is 0 Å². The molecule has 206 valence electrons. The summed E-state index contributed by atoms with van der Waals surface area (Å²) in [5.41, 5.74) is 3.17. The summed E-state index contributed by atoms with van der Waals surface area (Å²) in [6.45, 7) is 5.35. The van der Waals surface area contributed by atoms with E-state index in [0.29, 0.717) is 34.3 Å². The molecule has 4 aliphatic rings. The summed E-state index contributed by atoms with van der Waals surface area (Å²) in [5, 5.41) is 30.6. The molecule has 0 bridgehead atoms. The van der Waals surface area contributed by atoms with Crippen molar-refractivity contribution in [2.45, 2.75) is 32.1 Å². The van der Waals surface area contributed by atoms with Crippen LogP contribution in [0.4, 0.5) is 5.69 Å². The first kappa shape index (κ1) is 26.9.